The van der Waals surface area contributed by atoms with Gasteiger partial charge in [0.1, 0.15) is 10.4 Å². The van der Waals surface area contributed by atoms with Crippen LogP contribution in [0.2, 0.25) is 0 Å². The van der Waals surface area contributed by atoms with E-state index in [2.05, 4.69) is 0 Å². The van der Waals surface area contributed by atoms with E-state index >= 15 is 0 Å². The number of hydrogen-bond donors (Lipinski definition) is 0. The van der Waals surface area contributed by atoms with E-state index < -0.39 is 17.2 Å². The van der Waals surface area contributed by atoms with E-state index in [0.29, 0.717) is 28.2 Å². The molecule has 0 spiro atoms. The van der Waals surface area contributed by atoms with E-state index in [1.807, 2.05) is 61.1 Å². The summed E-state index contributed by atoms with van der Waals surface area (Å²) in [6.45, 7) is 6.29. The van der Waals surface area contributed by atoms with Crippen LogP contribution in [0.5, 0.6) is 5.75 Å². The number of amides is 1. The van der Waals surface area contributed by atoms with Crippen molar-refractivity contribution in [2.75, 3.05) is 11.5 Å². The molecule has 7 heteroatoms. The summed E-state index contributed by atoms with van der Waals surface area (Å²) in [6, 6.07) is 13.5. The maximum Gasteiger partial charge on any atom is 0.300 e. The van der Waals surface area contributed by atoms with Crippen LogP contribution in [0.3, 0.4) is 0 Å². The second-order valence-electron chi connectivity index (χ2n) is 7.56. The lowest BCUT2D eigenvalue weighted by molar-refractivity contribution is -0.115. The standard InChI is InChI=1S/C22H18N2O3S2/c1-4-27-13-10-14-16-19(29-24(21(16)28)12-8-6-5-7-9-12)22(2,3)23-17(14)15(11-13)18(25)20(23)26/h5-11H,4H2,1-3H3. The third-order valence-corrected chi connectivity index (χ3v) is 7.41. The number of ketones is 1. The Morgan fingerprint density at radius 3 is 2.48 bits per heavy atom. The Labute approximate surface area is 177 Å². The van der Waals surface area contributed by atoms with Gasteiger partial charge in [0.05, 0.1) is 34.0 Å². The number of carbonyl (C=O) groups is 2. The topological polar surface area (TPSA) is 51.5 Å². The minimum Gasteiger partial charge on any atom is -0.494 e. The van der Waals surface area contributed by atoms with Crippen molar-refractivity contribution in [2.24, 2.45) is 0 Å². The Morgan fingerprint density at radius 2 is 1.79 bits per heavy atom. The van der Waals surface area contributed by atoms with Gasteiger partial charge >= 0.3 is 0 Å². The van der Waals surface area contributed by atoms with Crippen LogP contribution >= 0.6 is 23.8 Å². The number of hydrogen-bond acceptors (Lipinski definition) is 5. The molecular formula is C22H18N2O3S2. The Morgan fingerprint density at radius 1 is 1.10 bits per heavy atom. The molecule has 2 aliphatic rings. The minimum atomic E-state index is -0.689. The van der Waals surface area contributed by atoms with Gasteiger partial charge in [-0.2, -0.15) is 0 Å². The van der Waals surface area contributed by atoms with Gasteiger partial charge in [0.2, 0.25) is 0 Å². The quantitative estimate of drug-likeness (QED) is 0.435. The van der Waals surface area contributed by atoms with Crippen LogP contribution in [0.15, 0.2) is 42.5 Å². The highest BCUT2D eigenvalue weighted by atomic mass is 32.1. The second-order valence-corrected chi connectivity index (χ2v) is 8.90. The first kappa shape index (κ1) is 18.3. The van der Waals surface area contributed by atoms with E-state index in [1.165, 1.54) is 11.5 Å². The fraction of sp³-hybridized carbons (Fsp3) is 0.227. The van der Waals surface area contributed by atoms with Gasteiger partial charge in [0, 0.05) is 11.1 Å². The number of ether oxygens (including phenoxy) is 1. The summed E-state index contributed by atoms with van der Waals surface area (Å²) < 4.78 is 8.38. The number of carbonyl (C=O) groups excluding carboxylic acids is 2. The molecule has 146 valence electrons. The molecule has 0 unspecified atom stereocenters. The molecule has 1 amide bonds. The van der Waals surface area contributed by atoms with Gasteiger partial charge in [-0.1, -0.05) is 41.9 Å². The van der Waals surface area contributed by atoms with Crippen LogP contribution in [0.25, 0.3) is 16.8 Å². The molecule has 0 saturated carbocycles. The van der Waals surface area contributed by atoms with Crippen molar-refractivity contribution in [1.82, 2.24) is 3.96 Å². The molecule has 3 aromatic rings. The zero-order valence-corrected chi connectivity index (χ0v) is 17.8. The van der Waals surface area contributed by atoms with Gasteiger partial charge in [0.15, 0.2) is 0 Å². The molecule has 5 nitrogen and oxygen atoms in total. The normalized spacial score (nSPS) is 16.0. The number of fused-ring (bicyclic) bond motifs is 2. The SMILES string of the molecule is CCOc1cc2c3c(c1)-c1c(sn(-c4ccccc4)c1=S)C(C)(C)N3C(=O)C2=O. The zero-order valence-electron chi connectivity index (χ0n) is 16.2. The lowest BCUT2D eigenvalue weighted by Crippen LogP contribution is -2.46. The lowest BCUT2D eigenvalue weighted by atomic mass is 9.87. The Hall–Kier alpha value is -2.77. The van der Waals surface area contributed by atoms with Crippen molar-refractivity contribution in [1.29, 1.82) is 0 Å². The molecular weight excluding hydrogens is 404 g/mol. The summed E-state index contributed by atoms with van der Waals surface area (Å²) in [6.07, 6.45) is 0. The first-order valence-electron chi connectivity index (χ1n) is 9.38. The highest BCUT2D eigenvalue weighted by Gasteiger charge is 2.51. The van der Waals surface area contributed by atoms with Gasteiger partial charge < -0.3 is 4.74 Å². The van der Waals surface area contributed by atoms with Gasteiger partial charge in [-0.05, 0) is 45.0 Å². The molecule has 0 N–H and O–H groups in total. The van der Waals surface area contributed by atoms with Crippen molar-refractivity contribution in [3.63, 3.8) is 0 Å². The highest BCUT2D eigenvalue weighted by Crippen LogP contribution is 2.55. The van der Waals surface area contributed by atoms with Crippen LogP contribution in [0.4, 0.5) is 5.69 Å². The number of anilines is 1. The molecule has 0 aliphatic carbocycles. The van der Waals surface area contributed by atoms with Crippen LogP contribution in [0, 0.1) is 4.64 Å². The molecule has 0 radical (unpaired) electrons. The molecule has 0 bridgehead atoms. The number of Topliss-reactive ketones (excluding diaryl/α,β-unsaturated/α-hetero) is 1. The van der Waals surface area contributed by atoms with Crippen molar-refractivity contribution in [2.45, 2.75) is 26.3 Å². The fourth-order valence-corrected chi connectivity index (χ4v) is 5.87. The molecule has 5 rings (SSSR count). The molecule has 0 fully saturated rings. The maximum atomic E-state index is 12.9. The maximum absolute atomic E-state index is 12.9. The Balaban J connectivity index is 1.88. The van der Waals surface area contributed by atoms with Gasteiger partial charge in [-0.3, -0.25) is 18.4 Å². The molecule has 3 heterocycles. The van der Waals surface area contributed by atoms with Crippen LogP contribution in [-0.4, -0.2) is 22.3 Å². The third-order valence-electron chi connectivity index (χ3n) is 5.44. The third kappa shape index (κ3) is 2.34. The summed E-state index contributed by atoms with van der Waals surface area (Å²) in [5.74, 6) is -0.425. The predicted molar refractivity (Wildman–Crippen MR) is 116 cm³/mol. The first-order chi connectivity index (χ1) is 13.9. The van der Waals surface area contributed by atoms with Gasteiger partial charge in [-0.15, -0.1) is 0 Å². The second kappa shape index (κ2) is 6.11. The number of nitrogens with zero attached hydrogens (tertiary/aromatic N) is 2. The number of aromatic nitrogens is 1. The molecule has 2 aromatic carbocycles. The molecule has 1 aromatic heterocycles. The Bertz CT molecular complexity index is 1260. The van der Waals surface area contributed by atoms with Gasteiger partial charge in [-0.25, -0.2) is 0 Å². The van der Waals surface area contributed by atoms with Crippen molar-refractivity contribution < 1.29 is 14.3 Å². The van der Waals surface area contributed by atoms with Crippen molar-refractivity contribution in [3.05, 3.63) is 57.5 Å². The van der Waals surface area contributed by atoms with Crippen molar-refractivity contribution in [3.8, 4) is 22.6 Å². The summed E-state index contributed by atoms with van der Waals surface area (Å²) in [7, 11) is 0. The van der Waals surface area contributed by atoms with E-state index in [4.69, 9.17) is 17.0 Å². The smallest absolute Gasteiger partial charge is 0.300 e. The summed E-state index contributed by atoms with van der Waals surface area (Å²) >= 11 is 7.40. The summed E-state index contributed by atoms with van der Waals surface area (Å²) in [4.78, 5) is 28.3. The van der Waals surface area contributed by atoms with E-state index in [9.17, 15) is 9.59 Å². The minimum absolute atomic E-state index is 0.390. The molecule has 29 heavy (non-hydrogen) atoms. The Kier molecular flexibility index (Phi) is 3.85. The number of rotatable bonds is 3. The predicted octanol–water partition coefficient (Wildman–Crippen LogP) is 5.11. The average molecular weight is 423 g/mol. The highest BCUT2D eigenvalue weighted by molar-refractivity contribution is 7.71. The molecule has 0 saturated heterocycles. The first-order valence-corrected chi connectivity index (χ1v) is 10.6. The van der Waals surface area contributed by atoms with E-state index in [-0.39, 0.29) is 0 Å². The zero-order chi connectivity index (χ0) is 20.5. The lowest BCUT2D eigenvalue weighted by Gasteiger charge is -2.39. The summed E-state index contributed by atoms with van der Waals surface area (Å²) in [5.41, 5.74) is 3.00. The fourth-order valence-electron chi connectivity index (χ4n) is 4.18. The molecule has 0 atom stereocenters. The van der Waals surface area contributed by atoms with Crippen molar-refractivity contribution >= 4 is 41.1 Å². The summed E-state index contributed by atoms with van der Waals surface area (Å²) in [5, 5.41) is 0. The largest absolute Gasteiger partial charge is 0.494 e. The number of benzene rings is 2. The van der Waals surface area contributed by atoms with Crippen LogP contribution in [0.1, 0.15) is 36.0 Å². The van der Waals surface area contributed by atoms with E-state index in [0.717, 1.165) is 21.7 Å². The number of para-hydroxylation sites is 1. The molecule has 2 aliphatic heterocycles. The van der Waals surface area contributed by atoms with Crippen LogP contribution < -0.4 is 9.64 Å². The van der Waals surface area contributed by atoms with E-state index in [1.54, 1.807) is 11.0 Å². The van der Waals surface area contributed by atoms with Gasteiger partial charge in [0.25, 0.3) is 11.7 Å². The van der Waals surface area contributed by atoms with Crippen LogP contribution in [-0.2, 0) is 10.3 Å². The monoisotopic (exact) mass is 422 g/mol. The average Bonchev–Trinajstić information content (AvgIpc) is 3.18.